The number of benzene rings is 2. The largest absolute Gasteiger partial charge is 0.493 e. The van der Waals surface area contributed by atoms with Crippen molar-refractivity contribution in [1.82, 2.24) is 14.8 Å². The van der Waals surface area contributed by atoms with Crippen LogP contribution in [0.25, 0.3) is 5.69 Å². The van der Waals surface area contributed by atoms with Crippen LogP contribution in [0.5, 0.6) is 11.5 Å². The summed E-state index contributed by atoms with van der Waals surface area (Å²) in [6, 6.07) is 8.98. The number of hydrogen-bond acceptors (Lipinski definition) is 7. The van der Waals surface area contributed by atoms with E-state index < -0.39 is 16.7 Å². The summed E-state index contributed by atoms with van der Waals surface area (Å²) in [5, 5.41) is 19.6. The van der Waals surface area contributed by atoms with E-state index in [-0.39, 0.29) is 23.2 Å². The monoisotopic (exact) mass is 476 g/mol. The Labute approximate surface area is 192 Å². The van der Waals surface area contributed by atoms with E-state index in [1.807, 2.05) is 0 Å². The van der Waals surface area contributed by atoms with Gasteiger partial charge in [0.15, 0.2) is 16.7 Å². The molecule has 1 heterocycles. The highest BCUT2D eigenvalue weighted by atomic mass is 35.5. The van der Waals surface area contributed by atoms with Crippen molar-refractivity contribution in [2.45, 2.75) is 17.3 Å². The van der Waals surface area contributed by atoms with Gasteiger partial charge in [0.2, 0.25) is 6.54 Å². The van der Waals surface area contributed by atoms with Gasteiger partial charge in [-0.1, -0.05) is 29.3 Å². The van der Waals surface area contributed by atoms with E-state index in [1.165, 1.54) is 19.2 Å². The zero-order valence-corrected chi connectivity index (χ0v) is 18.7. The van der Waals surface area contributed by atoms with E-state index in [0.717, 1.165) is 11.8 Å². The van der Waals surface area contributed by atoms with E-state index in [0.29, 0.717) is 28.0 Å². The van der Waals surface area contributed by atoms with Crippen LogP contribution in [0, 0.1) is 35.2 Å². The van der Waals surface area contributed by atoms with Gasteiger partial charge in [-0.15, -0.1) is 16.6 Å². The van der Waals surface area contributed by atoms with Crippen LogP contribution in [-0.4, -0.2) is 39.9 Å². The minimum Gasteiger partial charge on any atom is -0.493 e. The SMILES string of the molecule is C#CCOc1c(Cl)cc([C@@H](C[N+](=O)[O-])Sc2nnc(C)n2-c2ccc(F)cc2)cc1OC. The maximum Gasteiger partial charge on any atom is 0.220 e. The summed E-state index contributed by atoms with van der Waals surface area (Å²) in [5.41, 5.74) is 1.16. The second kappa shape index (κ2) is 10.3. The van der Waals surface area contributed by atoms with Crippen LogP contribution < -0.4 is 9.47 Å². The van der Waals surface area contributed by atoms with Gasteiger partial charge in [-0.2, -0.15) is 0 Å². The van der Waals surface area contributed by atoms with Gasteiger partial charge in [0.1, 0.15) is 23.5 Å². The zero-order valence-electron chi connectivity index (χ0n) is 17.1. The lowest BCUT2D eigenvalue weighted by atomic mass is 10.1. The molecule has 0 aliphatic rings. The van der Waals surface area contributed by atoms with Crippen molar-refractivity contribution < 1.29 is 18.8 Å². The Morgan fingerprint density at radius 2 is 2.06 bits per heavy atom. The average molecular weight is 477 g/mol. The topological polar surface area (TPSA) is 92.3 Å². The number of rotatable bonds is 9. The number of methoxy groups -OCH3 is 1. The van der Waals surface area contributed by atoms with Gasteiger partial charge in [-0.05, 0) is 48.9 Å². The molecule has 0 saturated heterocycles. The summed E-state index contributed by atoms with van der Waals surface area (Å²) in [6.45, 7) is 1.31. The van der Waals surface area contributed by atoms with Gasteiger partial charge >= 0.3 is 0 Å². The molecular weight excluding hydrogens is 459 g/mol. The van der Waals surface area contributed by atoms with Crippen molar-refractivity contribution in [1.29, 1.82) is 0 Å². The van der Waals surface area contributed by atoms with Gasteiger partial charge < -0.3 is 9.47 Å². The molecule has 0 bridgehead atoms. The average Bonchev–Trinajstić information content (AvgIpc) is 3.12. The normalized spacial score (nSPS) is 11.6. The first-order chi connectivity index (χ1) is 15.3. The van der Waals surface area contributed by atoms with Crippen molar-refractivity contribution in [2.24, 2.45) is 0 Å². The first-order valence-corrected chi connectivity index (χ1v) is 10.5. The Hall–Kier alpha value is -3.29. The molecule has 11 heteroatoms. The number of terminal acetylenes is 1. The molecule has 0 aliphatic heterocycles. The summed E-state index contributed by atoms with van der Waals surface area (Å²) in [6.07, 6.45) is 5.24. The predicted molar refractivity (Wildman–Crippen MR) is 119 cm³/mol. The Morgan fingerprint density at radius 1 is 1.34 bits per heavy atom. The van der Waals surface area contributed by atoms with Crippen molar-refractivity contribution in [3.63, 3.8) is 0 Å². The number of aryl methyl sites for hydroxylation is 1. The van der Waals surface area contributed by atoms with Crippen LogP contribution in [0.2, 0.25) is 5.02 Å². The lowest BCUT2D eigenvalue weighted by Crippen LogP contribution is -2.12. The van der Waals surface area contributed by atoms with E-state index >= 15 is 0 Å². The van der Waals surface area contributed by atoms with Crippen LogP contribution in [0.3, 0.4) is 0 Å². The smallest absolute Gasteiger partial charge is 0.220 e. The molecule has 0 amide bonds. The fraction of sp³-hybridized carbons (Fsp3) is 0.238. The number of nitrogens with zero attached hydrogens (tertiary/aromatic N) is 4. The van der Waals surface area contributed by atoms with Crippen LogP contribution in [-0.2, 0) is 0 Å². The molecule has 1 atom stereocenters. The fourth-order valence-electron chi connectivity index (χ4n) is 2.96. The van der Waals surface area contributed by atoms with Gasteiger partial charge in [0, 0.05) is 10.6 Å². The third-order valence-corrected chi connectivity index (χ3v) is 5.83. The summed E-state index contributed by atoms with van der Waals surface area (Å²) in [7, 11) is 1.43. The Morgan fingerprint density at radius 3 is 2.69 bits per heavy atom. The number of hydrogen-bond donors (Lipinski definition) is 0. The molecular formula is C21H18ClFN4O4S. The molecule has 0 aliphatic carbocycles. The van der Waals surface area contributed by atoms with Crippen molar-refractivity contribution >= 4 is 23.4 Å². The third-order valence-electron chi connectivity index (χ3n) is 4.37. The predicted octanol–water partition coefficient (Wildman–Crippen LogP) is 4.50. The molecule has 32 heavy (non-hydrogen) atoms. The highest BCUT2D eigenvalue weighted by Crippen LogP contribution is 2.43. The Kier molecular flexibility index (Phi) is 7.56. The van der Waals surface area contributed by atoms with Crippen molar-refractivity contribution in [2.75, 3.05) is 20.3 Å². The Bertz CT molecular complexity index is 1160. The molecule has 1 aromatic heterocycles. The molecule has 0 unspecified atom stereocenters. The first kappa shape index (κ1) is 23.4. The number of ether oxygens (including phenoxy) is 2. The lowest BCUT2D eigenvalue weighted by molar-refractivity contribution is -0.479. The van der Waals surface area contributed by atoms with E-state index in [2.05, 4.69) is 16.1 Å². The summed E-state index contributed by atoms with van der Waals surface area (Å²) >= 11 is 7.49. The van der Waals surface area contributed by atoms with E-state index in [4.69, 9.17) is 27.5 Å². The molecule has 0 radical (unpaired) electrons. The third kappa shape index (κ3) is 5.30. The molecule has 0 saturated carbocycles. The number of nitro groups is 1. The van der Waals surface area contributed by atoms with Crippen LogP contribution in [0.15, 0.2) is 41.6 Å². The molecule has 166 valence electrons. The fourth-order valence-corrected chi connectivity index (χ4v) is 4.39. The van der Waals surface area contributed by atoms with Crippen LogP contribution in [0.1, 0.15) is 16.6 Å². The molecule has 3 aromatic rings. The number of thioether (sulfide) groups is 1. The summed E-state index contributed by atoms with van der Waals surface area (Å²) in [5.74, 6) is 3.07. The molecule has 0 fully saturated rings. The van der Waals surface area contributed by atoms with Gasteiger partial charge in [-0.3, -0.25) is 14.7 Å². The van der Waals surface area contributed by atoms with Crippen LogP contribution >= 0.6 is 23.4 Å². The first-order valence-electron chi connectivity index (χ1n) is 9.24. The van der Waals surface area contributed by atoms with E-state index in [9.17, 15) is 14.5 Å². The summed E-state index contributed by atoms with van der Waals surface area (Å²) in [4.78, 5) is 11.0. The molecule has 0 spiro atoms. The molecule has 0 N–H and O–H groups in total. The second-order valence-corrected chi connectivity index (χ2v) is 8.07. The maximum absolute atomic E-state index is 13.4. The van der Waals surface area contributed by atoms with Gasteiger partial charge in [0.25, 0.3) is 0 Å². The van der Waals surface area contributed by atoms with E-state index in [1.54, 1.807) is 35.8 Å². The highest BCUT2D eigenvalue weighted by molar-refractivity contribution is 7.99. The summed E-state index contributed by atoms with van der Waals surface area (Å²) < 4.78 is 25.8. The molecule has 3 rings (SSSR count). The quantitative estimate of drug-likeness (QED) is 0.194. The minimum absolute atomic E-state index is 0.0114. The lowest BCUT2D eigenvalue weighted by Gasteiger charge is -2.17. The minimum atomic E-state index is -0.680. The second-order valence-electron chi connectivity index (χ2n) is 6.49. The highest BCUT2D eigenvalue weighted by Gasteiger charge is 2.26. The maximum atomic E-state index is 13.4. The van der Waals surface area contributed by atoms with Crippen molar-refractivity contribution in [3.8, 4) is 29.5 Å². The number of aromatic nitrogens is 3. The number of halogens is 2. The Balaban J connectivity index is 2.01. The molecule has 8 nitrogen and oxygen atoms in total. The zero-order chi connectivity index (χ0) is 23.3. The van der Waals surface area contributed by atoms with Gasteiger partial charge in [-0.25, -0.2) is 4.39 Å². The van der Waals surface area contributed by atoms with Crippen molar-refractivity contribution in [3.05, 3.63) is 68.7 Å². The standard InChI is InChI=1S/C21H18ClFN4O4S/c1-4-9-31-20-17(22)10-14(11-18(20)30-3)19(12-26(28)29)32-21-25-24-13(2)27(21)16-7-5-15(23)6-8-16/h1,5-8,10-11,19H,9,12H2,2-3H3/t19-/m1/s1. The van der Waals surface area contributed by atoms with Crippen LogP contribution in [0.4, 0.5) is 4.39 Å². The molecule has 2 aromatic carbocycles. The van der Waals surface area contributed by atoms with Gasteiger partial charge in [0.05, 0.1) is 12.1 Å².